The summed E-state index contributed by atoms with van der Waals surface area (Å²) in [5.74, 6) is 0.220. The fourth-order valence-electron chi connectivity index (χ4n) is 4.38. The van der Waals surface area contributed by atoms with E-state index in [4.69, 9.17) is 4.74 Å². The van der Waals surface area contributed by atoms with Crippen LogP contribution in [0.3, 0.4) is 0 Å². The van der Waals surface area contributed by atoms with Crippen LogP contribution in [0.4, 0.5) is 0 Å². The highest BCUT2D eigenvalue weighted by Gasteiger charge is 2.50. The molecule has 3 aliphatic rings. The van der Waals surface area contributed by atoms with E-state index in [9.17, 15) is 25.5 Å². The molecule has 3 rings (SSSR count). The third kappa shape index (κ3) is 3.11. The molecule has 0 aromatic rings. The summed E-state index contributed by atoms with van der Waals surface area (Å²) in [6, 6.07) is 0. The maximum absolute atomic E-state index is 10.4. The molecule has 0 radical (unpaired) electrons. The highest BCUT2D eigenvalue weighted by Crippen LogP contribution is 2.39. The second-order valence-electron chi connectivity index (χ2n) is 7.09. The van der Waals surface area contributed by atoms with Crippen LogP contribution in [-0.2, 0) is 0 Å². The SMILES string of the molecule is OC1CCC2CC(O)C(C3CC(O)C(O)C(O)C3)[OH+]C2C1. The van der Waals surface area contributed by atoms with Crippen molar-refractivity contribution < 1.29 is 30.3 Å². The molecule has 0 bridgehead atoms. The first kappa shape index (κ1) is 15.6. The lowest BCUT2D eigenvalue weighted by atomic mass is 9.73. The topological polar surface area (TPSA) is 114 Å². The predicted octanol–water partition coefficient (Wildman–Crippen LogP) is -1.33. The van der Waals surface area contributed by atoms with Crippen LogP contribution in [0.1, 0.15) is 38.5 Å². The summed E-state index contributed by atoms with van der Waals surface area (Å²) in [7, 11) is 0. The van der Waals surface area contributed by atoms with Crippen molar-refractivity contribution in [3.05, 3.63) is 0 Å². The van der Waals surface area contributed by atoms with E-state index in [2.05, 4.69) is 0 Å². The molecule has 1 aliphatic heterocycles. The Kier molecular flexibility index (Phi) is 4.55. The molecule has 21 heavy (non-hydrogen) atoms. The summed E-state index contributed by atoms with van der Waals surface area (Å²) >= 11 is 0. The van der Waals surface area contributed by atoms with Gasteiger partial charge in [-0.05, 0) is 32.1 Å². The number of hydrogen-bond donors (Lipinski definition) is 5. The van der Waals surface area contributed by atoms with Gasteiger partial charge in [0.2, 0.25) is 0 Å². The van der Waals surface area contributed by atoms with Gasteiger partial charge in [-0.15, -0.1) is 0 Å². The quantitative estimate of drug-likeness (QED) is 0.385. The Balaban J connectivity index is 1.67. The van der Waals surface area contributed by atoms with Crippen molar-refractivity contribution in [2.45, 2.75) is 81.3 Å². The molecule has 122 valence electrons. The fourth-order valence-corrected chi connectivity index (χ4v) is 4.38. The van der Waals surface area contributed by atoms with Crippen molar-refractivity contribution >= 4 is 0 Å². The number of ether oxygens (including phenoxy) is 1. The fraction of sp³-hybridized carbons (Fsp3) is 1.00. The number of aliphatic hydroxyl groups is 7. The molecule has 0 aromatic carbocycles. The van der Waals surface area contributed by atoms with E-state index in [1.165, 1.54) is 0 Å². The molecule has 7 unspecified atom stereocenters. The van der Waals surface area contributed by atoms with Crippen LogP contribution in [0.2, 0.25) is 0 Å². The lowest BCUT2D eigenvalue weighted by Gasteiger charge is -2.44. The van der Waals surface area contributed by atoms with Crippen LogP contribution in [-0.4, -0.2) is 73.0 Å². The molecule has 7 atom stereocenters. The van der Waals surface area contributed by atoms with E-state index in [1.54, 1.807) is 0 Å². The Bertz CT molecular complexity index is 352. The molecular formula is C15H27O6+. The molecule has 0 aromatic heterocycles. The minimum Gasteiger partial charge on any atom is -0.427 e. The van der Waals surface area contributed by atoms with Crippen molar-refractivity contribution in [3.8, 4) is 0 Å². The second kappa shape index (κ2) is 6.10. The molecule has 6 nitrogen and oxygen atoms in total. The summed E-state index contributed by atoms with van der Waals surface area (Å²) in [4.78, 5) is 0. The normalized spacial score (nSPS) is 55.0. The molecule has 1 heterocycles. The molecular weight excluding hydrogens is 276 g/mol. The lowest BCUT2D eigenvalue weighted by molar-refractivity contribution is -0.288. The van der Waals surface area contributed by atoms with Crippen molar-refractivity contribution in [1.29, 1.82) is 0 Å². The Morgan fingerprint density at radius 3 is 1.95 bits per heavy atom. The van der Waals surface area contributed by atoms with Crippen LogP contribution < -0.4 is 0 Å². The van der Waals surface area contributed by atoms with E-state index < -0.39 is 24.4 Å². The summed E-state index contributed by atoms with van der Waals surface area (Å²) in [6.07, 6.45) is -0.432. The number of aliphatic hydroxyl groups excluding tert-OH is 5. The van der Waals surface area contributed by atoms with E-state index in [-0.39, 0.29) is 24.2 Å². The minimum absolute atomic E-state index is 0.0725. The summed E-state index contributed by atoms with van der Waals surface area (Å²) in [6.45, 7) is 0. The first-order valence-electron chi connectivity index (χ1n) is 8.06. The van der Waals surface area contributed by atoms with Gasteiger partial charge in [-0.2, -0.15) is 0 Å². The van der Waals surface area contributed by atoms with E-state index in [1.807, 2.05) is 0 Å². The smallest absolute Gasteiger partial charge is 0.184 e. The van der Waals surface area contributed by atoms with Crippen LogP contribution in [0.5, 0.6) is 0 Å². The summed E-state index contributed by atoms with van der Waals surface area (Å²) in [5.41, 5.74) is 0. The maximum atomic E-state index is 10.4. The molecule has 3 fully saturated rings. The maximum Gasteiger partial charge on any atom is 0.184 e. The van der Waals surface area contributed by atoms with E-state index in [0.717, 1.165) is 12.8 Å². The largest absolute Gasteiger partial charge is 0.427 e. The average molecular weight is 303 g/mol. The molecule has 1 saturated heterocycles. The highest BCUT2D eigenvalue weighted by molar-refractivity contribution is 4.95. The first-order chi connectivity index (χ1) is 9.95. The van der Waals surface area contributed by atoms with Gasteiger partial charge >= 0.3 is 0 Å². The van der Waals surface area contributed by atoms with Crippen LogP contribution in [0, 0.1) is 11.8 Å². The van der Waals surface area contributed by atoms with Crippen molar-refractivity contribution in [2.75, 3.05) is 0 Å². The van der Waals surface area contributed by atoms with Gasteiger partial charge in [-0.25, -0.2) is 0 Å². The van der Waals surface area contributed by atoms with Gasteiger partial charge < -0.3 is 30.3 Å². The molecule has 2 aliphatic carbocycles. The first-order valence-corrected chi connectivity index (χ1v) is 8.06. The van der Waals surface area contributed by atoms with Gasteiger partial charge in [-0.3, -0.25) is 0 Å². The summed E-state index contributed by atoms with van der Waals surface area (Å²) in [5, 5.41) is 49.5. The molecule has 0 spiro atoms. The zero-order valence-corrected chi connectivity index (χ0v) is 12.1. The number of fused-ring (bicyclic) bond motifs is 1. The monoisotopic (exact) mass is 303 g/mol. The Morgan fingerprint density at radius 2 is 1.29 bits per heavy atom. The standard InChI is InChI=1S/C15H26O6/c16-9-2-1-7-3-12(19)15(21-13(7)6-9)8-4-10(17)14(20)11(18)5-8/h7-20H,1-6H2/p+1. The van der Waals surface area contributed by atoms with Crippen LogP contribution in [0.15, 0.2) is 0 Å². The van der Waals surface area contributed by atoms with Gasteiger partial charge in [0.05, 0.1) is 18.3 Å². The zero-order chi connectivity index (χ0) is 15.1. The molecule has 6 N–H and O–H groups in total. The van der Waals surface area contributed by atoms with Gasteiger partial charge in [0.25, 0.3) is 0 Å². The van der Waals surface area contributed by atoms with Gasteiger partial charge in [0.15, 0.2) is 12.2 Å². The van der Waals surface area contributed by atoms with Gasteiger partial charge in [-0.1, -0.05) is 0 Å². The van der Waals surface area contributed by atoms with Gasteiger partial charge in [0.1, 0.15) is 12.2 Å². The highest BCUT2D eigenvalue weighted by atomic mass is 16.5. The molecule has 0 amide bonds. The molecule has 2 saturated carbocycles. The average Bonchev–Trinajstić information content (AvgIpc) is 2.44. The summed E-state index contributed by atoms with van der Waals surface area (Å²) < 4.78 is 4.74. The van der Waals surface area contributed by atoms with Gasteiger partial charge in [0, 0.05) is 18.3 Å². The lowest BCUT2D eigenvalue weighted by Crippen LogP contribution is -2.56. The number of hydrogen-bond acceptors (Lipinski definition) is 5. The van der Waals surface area contributed by atoms with Crippen molar-refractivity contribution in [2.24, 2.45) is 11.8 Å². The third-order valence-corrected chi connectivity index (χ3v) is 5.59. The Morgan fingerprint density at radius 1 is 0.667 bits per heavy atom. The van der Waals surface area contributed by atoms with Crippen LogP contribution >= 0.6 is 0 Å². The second-order valence-corrected chi connectivity index (χ2v) is 7.09. The van der Waals surface area contributed by atoms with Crippen LogP contribution in [0.25, 0.3) is 0 Å². The van der Waals surface area contributed by atoms with Crippen molar-refractivity contribution in [1.82, 2.24) is 0 Å². The van der Waals surface area contributed by atoms with E-state index >= 15 is 0 Å². The third-order valence-electron chi connectivity index (χ3n) is 5.59. The molecule has 6 heteroatoms. The minimum atomic E-state index is -1.11. The Hall–Kier alpha value is -0.240. The van der Waals surface area contributed by atoms with E-state index in [0.29, 0.717) is 31.6 Å². The Labute approximate surface area is 124 Å². The zero-order valence-electron chi connectivity index (χ0n) is 12.1. The van der Waals surface area contributed by atoms with Crippen molar-refractivity contribution in [3.63, 3.8) is 0 Å². The number of rotatable bonds is 1. The predicted molar refractivity (Wildman–Crippen MR) is 74.5 cm³/mol.